The minimum absolute atomic E-state index is 0.0519. The molecule has 0 aliphatic carbocycles. The number of alkyl halides is 2. The van der Waals surface area contributed by atoms with Crippen LogP contribution in [0.15, 0.2) is 53.5 Å². The topological polar surface area (TPSA) is 126 Å². The van der Waals surface area contributed by atoms with E-state index in [-0.39, 0.29) is 17.8 Å². The molecule has 3 aromatic heterocycles. The van der Waals surface area contributed by atoms with Crippen molar-refractivity contribution in [2.45, 2.75) is 39.5 Å². The zero-order valence-electron chi connectivity index (χ0n) is 21.1. The van der Waals surface area contributed by atoms with E-state index in [9.17, 15) is 23.6 Å². The summed E-state index contributed by atoms with van der Waals surface area (Å²) in [4.78, 5) is 25.0. The highest BCUT2D eigenvalue weighted by atomic mass is 32.1. The van der Waals surface area contributed by atoms with Crippen molar-refractivity contribution in [2.24, 2.45) is 0 Å². The molecule has 198 valence electrons. The normalized spacial score (nSPS) is 11.7. The molecule has 0 aliphatic heterocycles. The Hall–Kier alpha value is -4.63. The van der Waals surface area contributed by atoms with Gasteiger partial charge in [-0.15, -0.1) is 11.3 Å². The van der Waals surface area contributed by atoms with E-state index in [1.807, 2.05) is 12.1 Å². The number of nitrogens with zero attached hydrogens (tertiary/aromatic N) is 4. The van der Waals surface area contributed by atoms with E-state index >= 15 is 0 Å². The molecule has 0 saturated heterocycles. The van der Waals surface area contributed by atoms with Crippen molar-refractivity contribution in [2.75, 3.05) is 0 Å². The minimum atomic E-state index is -2.95. The van der Waals surface area contributed by atoms with E-state index in [1.54, 1.807) is 51.1 Å². The number of hydrogen-bond donors (Lipinski definition) is 2. The van der Waals surface area contributed by atoms with Crippen LogP contribution in [-0.4, -0.2) is 31.7 Å². The standard InChI is InChI=1S/C27H22F2N6O3S/c1-27(2,3)38-26(37)31-13-20-17-10-14(8-9-16(17)24(36)34-33-20)19-12-32-35(25(28)29)22(19)23-18(11-30)15-6-4-5-7-21(15)39-23/h4-10,12,25H,13H2,1-3H3,(H,31,37)(H,34,36). The van der Waals surface area contributed by atoms with Gasteiger partial charge >= 0.3 is 12.6 Å². The predicted octanol–water partition coefficient (Wildman–Crippen LogP) is 5.96. The molecule has 39 heavy (non-hydrogen) atoms. The first kappa shape index (κ1) is 26.0. The number of aromatic nitrogens is 4. The summed E-state index contributed by atoms with van der Waals surface area (Å²) >= 11 is 1.23. The number of thiophene rings is 1. The van der Waals surface area contributed by atoms with Crippen LogP contribution in [0.5, 0.6) is 0 Å². The Morgan fingerprint density at radius 3 is 2.69 bits per heavy atom. The summed E-state index contributed by atoms with van der Waals surface area (Å²) in [7, 11) is 0. The van der Waals surface area contributed by atoms with E-state index in [4.69, 9.17) is 4.74 Å². The molecule has 2 N–H and O–H groups in total. The number of fused-ring (bicyclic) bond motifs is 2. The van der Waals surface area contributed by atoms with Crippen LogP contribution in [0.4, 0.5) is 13.6 Å². The van der Waals surface area contributed by atoms with E-state index in [0.29, 0.717) is 42.5 Å². The van der Waals surface area contributed by atoms with Gasteiger partial charge in [0, 0.05) is 21.0 Å². The smallest absolute Gasteiger partial charge is 0.407 e. The lowest BCUT2D eigenvalue weighted by atomic mass is 9.99. The number of nitrogens with one attached hydrogen (secondary N) is 2. The average Bonchev–Trinajstić information content (AvgIpc) is 3.48. The second kappa shape index (κ2) is 9.92. The lowest BCUT2D eigenvalue weighted by Gasteiger charge is -2.19. The number of nitriles is 1. The number of carbonyl (C=O) groups excluding carboxylic acids is 1. The Morgan fingerprint density at radius 2 is 1.97 bits per heavy atom. The number of H-pyrrole nitrogens is 1. The molecule has 0 saturated carbocycles. The molecule has 0 unspecified atom stereocenters. The fourth-order valence-corrected chi connectivity index (χ4v) is 5.47. The molecule has 5 aromatic rings. The number of amides is 1. The molecular formula is C27H22F2N6O3S. The summed E-state index contributed by atoms with van der Waals surface area (Å²) in [6.45, 7) is 2.20. The molecule has 0 spiro atoms. The van der Waals surface area contributed by atoms with Gasteiger partial charge in [-0.2, -0.15) is 24.2 Å². The number of aromatic amines is 1. The van der Waals surface area contributed by atoms with Crippen molar-refractivity contribution in [3.8, 4) is 27.8 Å². The van der Waals surface area contributed by atoms with Crippen LogP contribution in [0.3, 0.4) is 0 Å². The number of hydrogen-bond acceptors (Lipinski definition) is 7. The van der Waals surface area contributed by atoms with Gasteiger partial charge in [-0.25, -0.2) is 14.6 Å². The monoisotopic (exact) mass is 548 g/mol. The molecule has 12 heteroatoms. The maximum atomic E-state index is 14.1. The molecule has 9 nitrogen and oxygen atoms in total. The van der Waals surface area contributed by atoms with Crippen LogP contribution in [0.25, 0.3) is 42.6 Å². The van der Waals surface area contributed by atoms with Crippen LogP contribution in [0.1, 0.15) is 38.6 Å². The van der Waals surface area contributed by atoms with Crippen molar-refractivity contribution < 1.29 is 18.3 Å². The van der Waals surface area contributed by atoms with Gasteiger partial charge in [-0.1, -0.05) is 24.3 Å². The molecule has 0 fully saturated rings. The van der Waals surface area contributed by atoms with Crippen LogP contribution in [0, 0.1) is 11.3 Å². The van der Waals surface area contributed by atoms with Crippen LogP contribution in [0.2, 0.25) is 0 Å². The summed E-state index contributed by atoms with van der Waals surface area (Å²) in [5.74, 6) is 0. The second-order valence-electron chi connectivity index (χ2n) is 9.66. The molecule has 0 bridgehead atoms. The first-order valence-corrected chi connectivity index (χ1v) is 12.6. The number of rotatable bonds is 5. The van der Waals surface area contributed by atoms with Gasteiger partial charge in [0.05, 0.1) is 40.0 Å². The number of alkyl carbamates (subject to hydrolysis) is 1. The molecule has 5 rings (SSSR count). The van der Waals surface area contributed by atoms with Gasteiger partial charge in [-0.05, 0) is 44.5 Å². The largest absolute Gasteiger partial charge is 0.444 e. The molecule has 2 aromatic carbocycles. The lowest BCUT2D eigenvalue weighted by Crippen LogP contribution is -2.32. The number of carbonyl (C=O) groups is 1. The van der Waals surface area contributed by atoms with E-state index in [1.165, 1.54) is 17.5 Å². The van der Waals surface area contributed by atoms with Gasteiger partial charge in [0.25, 0.3) is 5.56 Å². The number of benzene rings is 2. The minimum Gasteiger partial charge on any atom is -0.444 e. The van der Waals surface area contributed by atoms with Crippen molar-refractivity contribution in [1.29, 1.82) is 5.26 Å². The quantitative estimate of drug-likeness (QED) is 0.279. The zero-order chi connectivity index (χ0) is 27.9. The van der Waals surface area contributed by atoms with Crippen LogP contribution < -0.4 is 10.9 Å². The van der Waals surface area contributed by atoms with Gasteiger partial charge in [0.1, 0.15) is 11.7 Å². The van der Waals surface area contributed by atoms with E-state index in [0.717, 1.165) is 4.70 Å². The average molecular weight is 549 g/mol. The Balaban J connectivity index is 1.65. The Bertz CT molecular complexity index is 1830. The van der Waals surface area contributed by atoms with Crippen molar-refractivity contribution in [3.05, 3.63) is 70.3 Å². The highest BCUT2D eigenvalue weighted by Gasteiger charge is 2.26. The van der Waals surface area contributed by atoms with Crippen LogP contribution >= 0.6 is 11.3 Å². The molecular weight excluding hydrogens is 526 g/mol. The molecule has 1 amide bonds. The summed E-state index contributed by atoms with van der Waals surface area (Å²) in [6, 6.07) is 14.2. The van der Waals surface area contributed by atoms with Gasteiger partial charge in [0.15, 0.2) is 0 Å². The van der Waals surface area contributed by atoms with Crippen molar-refractivity contribution in [3.63, 3.8) is 0 Å². The fourth-order valence-electron chi connectivity index (χ4n) is 4.26. The van der Waals surface area contributed by atoms with Gasteiger partial charge in [-0.3, -0.25) is 4.79 Å². The summed E-state index contributed by atoms with van der Waals surface area (Å²) < 4.78 is 34.9. The molecule has 0 atom stereocenters. The number of halogens is 2. The third-order valence-corrected chi connectivity index (χ3v) is 7.06. The Kier molecular flexibility index (Phi) is 6.61. The number of ether oxygens (including phenoxy) is 1. The maximum absolute atomic E-state index is 14.1. The van der Waals surface area contributed by atoms with Gasteiger partial charge in [0.2, 0.25) is 0 Å². The first-order valence-electron chi connectivity index (χ1n) is 11.8. The zero-order valence-corrected chi connectivity index (χ0v) is 21.9. The van der Waals surface area contributed by atoms with E-state index in [2.05, 4.69) is 26.7 Å². The molecule has 3 heterocycles. The van der Waals surface area contributed by atoms with E-state index < -0.39 is 23.8 Å². The molecule has 0 radical (unpaired) electrons. The summed E-state index contributed by atoms with van der Waals surface area (Å²) in [6.07, 6.45) is 0.655. The van der Waals surface area contributed by atoms with Crippen LogP contribution in [-0.2, 0) is 11.3 Å². The maximum Gasteiger partial charge on any atom is 0.407 e. The highest BCUT2D eigenvalue weighted by molar-refractivity contribution is 7.22. The Labute approximate surface area is 224 Å². The second-order valence-corrected chi connectivity index (χ2v) is 10.7. The van der Waals surface area contributed by atoms with Crippen molar-refractivity contribution in [1.82, 2.24) is 25.3 Å². The third-order valence-electron chi connectivity index (χ3n) is 5.88. The summed E-state index contributed by atoms with van der Waals surface area (Å²) in [5, 5.41) is 24.4. The lowest BCUT2D eigenvalue weighted by molar-refractivity contribution is 0.0522. The third kappa shape index (κ3) is 4.96. The predicted molar refractivity (Wildman–Crippen MR) is 143 cm³/mol. The molecule has 0 aliphatic rings. The first-order chi connectivity index (χ1) is 18.6. The highest BCUT2D eigenvalue weighted by Crippen LogP contribution is 2.43. The SMILES string of the molecule is CC(C)(C)OC(=O)NCc1n[nH]c(=O)c2ccc(-c3cnn(C(F)F)c3-c3sc4ccccc4c3C#N)cc12. The fraction of sp³-hybridized carbons (Fsp3) is 0.222. The van der Waals surface area contributed by atoms with Gasteiger partial charge < -0.3 is 10.1 Å². The summed E-state index contributed by atoms with van der Waals surface area (Å²) in [5.41, 5.74) is 0.405. The van der Waals surface area contributed by atoms with Crippen molar-refractivity contribution >= 4 is 38.3 Å². The Morgan fingerprint density at radius 1 is 1.21 bits per heavy atom.